The summed E-state index contributed by atoms with van der Waals surface area (Å²) in [7, 11) is 0. The number of benzene rings is 1. The second-order valence-corrected chi connectivity index (χ2v) is 5.53. The van der Waals surface area contributed by atoms with E-state index in [0.29, 0.717) is 0 Å². The number of carboxylic acid groups (broad SMARTS) is 1. The van der Waals surface area contributed by atoms with Crippen molar-refractivity contribution < 1.29 is 27.9 Å². The van der Waals surface area contributed by atoms with Gasteiger partial charge in [-0.15, -0.1) is 0 Å². The first kappa shape index (κ1) is 19.0. The molecule has 0 radical (unpaired) electrons. The van der Waals surface area contributed by atoms with Gasteiger partial charge in [-0.05, 0) is 19.4 Å². The van der Waals surface area contributed by atoms with Crippen LogP contribution in [0.5, 0.6) is 0 Å². The summed E-state index contributed by atoms with van der Waals surface area (Å²) >= 11 is 0. The van der Waals surface area contributed by atoms with Crippen molar-refractivity contribution in [2.75, 3.05) is 6.54 Å². The summed E-state index contributed by atoms with van der Waals surface area (Å²) in [6, 6.07) is 6.88. The minimum Gasteiger partial charge on any atom is -0.481 e. The summed E-state index contributed by atoms with van der Waals surface area (Å²) in [5, 5.41) is 8.70. The van der Waals surface area contributed by atoms with Crippen LogP contribution in [0.25, 0.3) is 0 Å². The lowest BCUT2D eigenvalue weighted by molar-refractivity contribution is -0.161. The molecule has 4 nitrogen and oxygen atoms in total. The second kappa shape index (κ2) is 7.99. The zero-order valence-electron chi connectivity index (χ0n) is 13.0. The average molecular weight is 331 g/mol. The van der Waals surface area contributed by atoms with Crippen LogP contribution in [0.3, 0.4) is 0 Å². The molecule has 1 atom stereocenters. The van der Waals surface area contributed by atoms with E-state index in [1.54, 1.807) is 19.9 Å². The fraction of sp³-hybridized carbons (Fsp3) is 0.500. The molecule has 0 bridgehead atoms. The van der Waals surface area contributed by atoms with Gasteiger partial charge in [0.1, 0.15) is 0 Å². The SMILES string of the molecule is CC(C)N(CCC(=O)O)C(=O)CC(c1ccccc1)C(F)(F)F. The van der Waals surface area contributed by atoms with Crippen molar-refractivity contribution >= 4 is 11.9 Å². The Morgan fingerprint density at radius 1 is 1.17 bits per heavy atom. The summed E-state index contributed by atoms with van der Waals surface area (Å²) < 4.78 is 39.8. The van der Waals surface area contributed by atoms with Gasteiger partial charge in [0.05, 0.1) is 12.3 Å². The Kier molecular flexibility index (Phi) is 6.60. The molecule has 0 spiro atoms. The van der Waals surface area contributed by atoms with Crippen molar-refractivity contribution in [1.29, 1.82) is 0 Å². The molecule has 1 amide bonds. The topological polar surface area (TPSA) is 57.6 Å². The molecule has 0 aliphatic rings. The normalized spacial score (nSPS) is 13.0. The summed E-state index contributed by atoms with van der Waals surface area (Å²) in [5.74, 6) is -3.70. The third-order valence-corrected chi connectivity index (χ3v) is 3.49. The smallest absolute Gasteiger partial charge is 0.396 e. The lowest BCUT2D eigenvalue weighted by Gasteiger charge is -2.29. The molecular weight excluding hydrogens is 311 g/mol. The molecule has 0 aliphatic heterocycles. The summed E-state index contributed by atoms with van der Waals surface area (Å²) in [6.07, 6.45) is -5.58. The first-order chi connectivity index (χ1) is 10.6. The lowest BCUT2D eigenvalue weighted by atomic mass is 9.94. The Labute approximate surface area is 132 Å². The number of carbonyl (C=O) groups is 2. The number of hydrogen-bond donors (Lipinski definition) is 1. The number of carbonyl (C=O) groups excluding carboxylic acids is 1. The Bertz CT molecular complexity index is 529. The third-order valence-electron chi connectivity index (χ3n) is 3.49. The van der Waals surface area contributed by atoms with Crippen molar-refractivity contribution in [3.8, 4) is 0 Å². The van der Waals surface area contributed by atoms with Gasteiger partial charge < -0.3 is 10.0 Å². The third kappa shape index (κ3) is 5.92. The van der Waals surface area contributed by atoms with Gasteiger partial charge in [0.15, 0.2) is 0 Å². The molecule has 1 aromatic rings. The van der Waals surface area contributed by atoms with Crippen LogP contribution in [0, 0.1) is 0 Å². The first-order valence-electron chi connectivity index (χ1n) is 7.25. The predicted octanol–water partition coefficient (Wildman–Crippen LogP) is 3.43. The van der Waals surface area contributed by atoms with Crippen molar-refractivity contribution in [2.45, 2.75) is 44.8 Å². The summed E-state index contributed by atoms with van der Waals surface area (Å²) in [5.41, 5.74) is 0.0234. The van der Waals surface area contributed by atoms with Gasteiger partial charge in [-0.3, -0.25) is 9.59 Å². The molecule has 0 aliphatic carbocycles. The molecule has 0 fully saturated rings. The van der Waals surface area contributed by atoms with Gasteiger partial charge in [-0.2, -0.15) is 13.2 Å². The van der Waals surface area contributed by atoms with Crippen molar-refractivity contribution in [3.63, 3.8) is 0 Å². The highest BCUT2D eigenvalue weighted by Crippen LogP contribution is 2.37. The standard InChI is InChI=1S/C16H20F3NO3/c1-11(2)20(9-8-15(22)23)14(21)10-13(16(17,18)19)12-6-4-3-5-7-12/h3-7,11,13H,8-10H2,1-2H3,(H,22,23). The van der Waals surface area contributed by atoms with E-state index in [2.05, 4.69) is 0 Å². The van der Waals surface area contributed by atoms with Crippen LogP contribution in [-0.2, 0) is 9.59 Å². The Morgan fingerprint density at radius 3 is 2.17 bits per heavy atom. The molecule has 0 aromatic heterocycles. The van der Waals surface area contributed by atoms with E-state index in [1.165, 1.54) is 29.2 Å². The number of rotatable bonds is 7. The van der Waals surface area contributed by atoms with Crippen LogP contribution in [0.4, 0.5) is 13.2 Å². The van der Waals surface area contributed by atoms with Gasteiger partial charge in [0.25, 0.3) is 0 Å². The number of halogens is 3. The lowest BCUT2D eigenvalue weighted by Crippen LogP contribution is -2.40. The first-order valence-corrected chi connectivity index (χ1v) is 7.25. The maximum Gasteiger partial charge on any atom is 0.396 e. The minimum atomic E-state index is -4.55. The van der Waals surface area contributed by atoms with Crippen molar-refractivity contribution in [1.82, 2.24) is 4.90 Å². The molecule has 7 heteroatoms. The van der Waals surface area contributed by atoms with Crippen LogP contribution in [0.1, 0.15) is 38.2 Å². The number of nitrogens with zero attached hydrogens (tertiary/aromatic N) is 1. The maximum atomic E-state index is 13.3. The van der Waals surface area contributed by atoms with E-state index in [0.717, 1.165) is 0 Å². The molecule has 1 aromatic carbocycles. The van der Waals surface area contributed by atoms with E-state index < -0.39 is 30.4 Å². The van der Waals surface area contributed by atoms with Gasteiger partial charge >= 0.3 is 12.1 Å². The molecule has 0 saturated heterocycles. The molecule has 128 valence electrons. The number of carboxylic acids is 1. The summed E-state index contributed by atoms with van der Waals surface area (Å²) in [6.45, 7) is 3.18. The fourth-order valence-electron chi connectivity index (χ4n) is 2.29. The molecule has 0 saturated carbocycles. The van der Waals surface area contributed by atoms with Crippen LogP contribution >= 0.6 is 0 Å². The Balaban J connectivity index is 2.93. The molecular formula is C16H20F3NO3. The number of alkyl halides is 3. The fourth-order valence-corrected chi connectivity index (χ4v) is 2.29. The average Bonchev–Trinajstić information content (AvgIpc) is 2.44. The number of aliphatic carboxylic acids is 1. The van der Waals surface area contributed by atoms with Crippen molar-refractivity contribution in [2.24, 2.45) is 0 Å². The minimum absolute atomic E-state index is 0.0234. The van der Waals surface area contributed by atoms with E-state index in [9.17, 15) is 22.8 Å². The Morgan fingerprint density at radius 2 is 1.74 bits per heavy atom. The highest BCUT2D eigenvalue weighted by molar-refractivity contribution is 5.78. The molecule has 1 rings (SSSR count). The maximum absolute atomic E-state index is 13.3. The number of amides is 1. The zero-order valence-corrected chi connectivity index (χ0v) is 13.0. The molecule has 23 heavy (non-hydrogen) atoms. The van der Waals surface area contributed by atoms with Crippen LogP contribution in [-0.4, -0.2) is 40.6 Å². The van der Waals surface area contributed by atoms with E-state index in [-0.39, 0.29) is 24.6 Å². The van der Waals surface area contributed by atoms with Gasteiger partial charge in [-0.1, -0.05) is 30.3 Å². The molecule has 0 heterocycles. The van der Waals surface area contributed by atoms with E-state index in [4.69, 9.17) is 5.11 Å². The quantitative estimate of drug-likeness (QED) is 0.833. The Hall–Kier alpha value is -2.05. The van der Waals surface area contributed by atoms with Gasteiger partial charge in [0.2, 0.25) is 5.91 Å². The van der Waals surface area contributed by atoms with Crippen LogP contribution < -0.4 is 0 Å². The van der Waals surface area contributed by atoms with Gasteiger partial charge in [0, 0.05) is 19.0 Å². The van der Waals surface area contributed by atoms with Crippen LogP contribution in [0.15, 0.2) is 30.3 Å². The van der Waals surface area contributed by atoms with Crippen molar-refractivity contribution in [3.05, 3.63) is 35.9 Å². The molecule has 1 N–H and O–H groups in total. The van der Waals surface area contributed by atoms with Crippen LogP contribution in [0.2, 0.25) is 0 Å². The molecule has 1 unspecified atom stereocenters. The monoisotopic (exact) mass is 331 g/mol. The highest BCUT2D eigenvalue weighted by atomic mass is 19.4. The van der Waals surface area contributed by atoms with Gasteiger partial charge in [-0.25, -0.2) is 0 Å². The van der Waals surface area contributed by atoms with E-state index in [1.807, 2.05) is 0 Å². The second-order valence-electron chi connectivity index (χ2n) is 5.53. The summed E-state index contributed by atoms with van der Waals surface area (Å²) in [4.78, 5) is 24.1. The van der Waals surface area contributed by atoms with E-state index >= 15 is 0 Å². The largest absolute Gasteiger partial charge is 0.481 e. The highest BCUT2D eigenvalue weighted by Gasteiger charge is 2.42. The zero-order chi connectivity index (χ0) is 17.6. The number of hydrogen-bond acceptors (Lipinski definition) is 2. The predicted molar refractivity (Wildman–Crippen MR) is 79.0 cm³/mol.